The zero-order valence-corrected chi connectivity index (χ0v) is 14.0. The molecule has 0 unspecified atom stereocenters. The maximum atomic E-state index is 12.3. The molecule has 0 aromatic heterocycles. The second-order valence-electron chi connectivity index (χ2n) is 6.42. The van der Waals surface area contributed by atoms with Gasteiger partial charge in [0.2, 0.25) is 0 Å². The molecule has 0 aliphatic rings. The average molecular weight is 310 g/mol. The van der Waals surface area contributed by atoms with Gasteiger partial charge in [-0.3, -0.25) is 4.79 Å². The van der Waals surface area contributed by atoms with Gasteiger partial charge in [-0.15, -0.1) is 0 Å². The van der Waals surface area contributed by atoms with Crippen molar-refractivity contribution in [3.8, 4) is 5.75 Å². The lowest BCUT2D eigenvalue weighted by Crippen LogP contribution is -2.14. The highest BCUT2D eigenvalue weighted by Crippen LogP contribution is 2.29. The molecule has 23 heavy (non-hydrogen) atoms. The van der Waals surface area contributed by atoms with Gasteiger partial charge in [-0.1, -0.05) is 45.0 Å². The average Bonchev–Trinajstić information content (AvgIpc) is 2.54. The standard InChI is InChI=1S/C20H22O3/c1-20(2,3)17-8-6-5-7-16(17)19(22)13-18(21)14-9-11-15(23-4)12-10-14/h5-13,22H,1-4H3. The lowest BCUT2D eigenvalue weighted by molar-refractivity contribution is 0.104. The van der Waals surface area contributed by atoms with Gasteiger partial charge in [-0.2, -0.15) is 0 Å². The number of carbonyl (C=O) groups is 1. The Morgan fingerprint density at radius 2 is 1.65 bits per heavy atom. The number of allylic oxidation sites excluding steroid dienone is 1. The van der Waals surface area contributed by atoms with Crippen LogP contribution in [0.5, 0.6) is 5.75 Å². The van der Waals surface area contributed by atoms with Gasteiger partial charge in [-0.05, 0) is 35.2 Å². The lowest BCUT2D eigenvalue weighted by Gasteiger charge is -2.22. The Labute approximate surface area is 137 Å². The largest absolute Gasteiger partial charge is 0.507 e. The van der Waals surface area contributed by atoms with E-state index < -0.39 is 0 Å². The summed E-state index contributed by atoms with van der Waals surface area (Å²) in [6.45, 7) is 6.22. The minimum atomic E-state index is -0.242. The van der Waals surface area contributed by atoms with Gasteiger partial charge < -0.3 is 9.84 Å². The highest BCUT2D eigenvalue weighted by molar-refractivity contribution is 6.07. The zero-order valence-electron chi connectivity index (χ0n) is 14.0. The molecule has 3 heteroatoms. The van der Waals surface area contributed by atoms with Crippen LogP contribution in [-0.2, 0) is 5.41 Å². The van der Waals surface area contributed by atoms with Crippen LogP contribution in [-0.4, -0.2) is 18.0 Å². The Hall–Kier alpha value is -2.55. The number of carbonyl (C=O) groups excluding carboxylic acids is 1. The minimum absolute atomic E-state index is 0.0173. The van der Waals surface area contributed by atoms with Crippen LogP contribution in [0.2, 0.25) is 0 Å². The number of hydrogen-bond donors (Lipinski definition) is 1. The Balaban J connectivity index is 2.34. The fraction of sp³-hybridized carbons (Fsp3) is 0.250. The zero-order chi connectivity index (χ0) is 17.0. The van der Waals surface area contributed by atoms with Crippen molar-refractivity contribution in [3.63, 3.8) is 0 Å². The van der Waals surface area contributed by atoms with E-state index in [2.05, 4.69) is 20.8 Å². The van der Waals surface area contributed by atoms with E-state index in [1.54, 1.807) is 31.4 Å². The Kier molecular flexibility index (Phi) is 4.89. The summed E-state index contributed by atoms with van der Waals surface area (Å²) >= 11 is 0. The second-order valence-corrected chi connectivity index (χ2v) is 6.42. The van der Waals surface area contributed by atoms with Crippen LogP contribution in [0, 0.1) is 0 Å². The van der Waals surface area contributed by atoms with E-state index in [0.29, 0.717) is 16.9 Å². The van der Waals surface area contributed by atoms with Crippen LogP contribution < -0.4 is 4.74 Å². The van der Waals surface area contributed by atoms with Crippen LogP contribution in [0.3, 0.4) is 0 Å². The van der Waals surface area contributed by atoms with E-state index in [1.807, 2.05) is 24.3 Å². The SMILES string of the molecule is COc1ccc(C(=O)C=C(O)c2ccccc2C(C)(C)C)cc1. The van der Waals surface area contributed by atoms with Crippen molar-refractivity contribution >= 4 is 11.5 Å². The van der Waals surface area contributed by atoms with Crippen molar-refractivity contribution in [2.45, 2.75) is 26.2 Å². The summed E-state index contributed by atoms with van der Waals surface area (Å²) in [5.41, 5.74) is 2.06. The molecule has 2 aromatic carbocycles. The summed E-state index contributed by atoms with van der Waals surface area (Å²) in [4.78, 5) is 12.3. The molecule has 0 fully saturated rings. The minimum Gasteiger partial charge on any atom is -0.507 e. The van der Waals surface area contributed by atoms with Crippen molar-refractivity contribution in [1.82, 2.24) is 0 Å². The molecular weight excluding hydrogens is 288 g/mol. The molecule has 120 valence electrons. The van der Waals surface area contributed by atoms with Crippen LogP contribution in [0.1, 0.15) is 42.3 Å². The first kappa shape index (κ1) is 16.8. The molecule has 0 bridgehead atoms. The number of rotatable bonds is 4. The Morgan fingerprint density at radius 3 is 2.22 bits per heavy atom. The van der Waals surface area contributed by atoms with Gasteiger partial charge in [-0.25, -0.2) is 0 Å². The smallest absolute Gasteiger partial charge is 0.189 e. The van der Waals surface area contributed by atoms with Crippen molar-refractivity contribution in [2.24, 2.45) is 0 Å². The third kappa shape index (κ3) is 4.01. The molecule has 2 aromatic rings. The number of ketones is 1. The molecule has 0 saturated carbocycles. The molecule has 0 amide bonds. The van der Waals surface area contributed by atoms with Crippen molar-refractivity contribution in [1.29, 1.82) is 0 Å². The van der Waals surface area contributed by atoms with Crippen LogP contribution >= 0.6 is 0 Å². The quantitative estimate of drug-likeness (QED) is 0.502. The number of aliphatic hydroxyl groups excluding tert-OH is 1. The van der Waals surface area contributed by atoms with Gasteiger partial charge in [0.1, 0.15) is 11.5 Å². The molecule has 0 spiro atoms. The van der Waals surface area contributed by atoms with E-state index in [1.165, 1.54) is 6.08 Å². The number of aliphatic hydroxyl groups is 1. The third-order valence-corrected chi connectivity index (χ3v) is 3.65. The first-order chi connectivity index (χ1) is 10.8. The summed E-state index contributed by atoms with van der Waals surface area (Å²) in [7, 11) is 1.58. The van der Waals surface area contributed by atoms with Crippen molar-refractivity contribution in [2.75, 3.05) is 7.11 Å². The molecular formula is C20H22O3. The van der Waals surface area contributed by atoms with Gasteiger partial charge in [0.05, 0.1) is 7.11 Å². The molecule has 0 aliphatic carbocycles. The van der Waals surface area contributed by atoms with Gasteiger partial charge in [0.25, 0.3) is 0 Å². The molecule has 3 nitrogen and oxygen atoms in total. The maximum absolute atomic E-state index is 12.3. The first-order valence-corrected chi connectivity index (χ1v) is 7.52. The number of benzene rings is 2. The topological polar surface area (TPSA) is 46.5 Å². The predicted octanol–water partition coefficient (Wildman–Crippen LogP) is 4.77. The molecule has 0 heterocycles. The number of methoxy groups -OCH3 is 1. The monoisotopic (exact) mass is 310 g/mol. The van der Waals surface area contributed by atoms with Crippen LogP contribution in [0.25, 0.3) is 5.76 Å². The summed E-state index contributed by atoms with van der Waals surface area (Å²) in [6.07, 6.45) is 1.27. The van der Waals surface area contributed by atoms with Crippen molar-refractivity contribution in [3.05, 3.63) is 71.3 Å². The number of hydrogen-bond acceptors (Lipinski definition) is 3. The van der Waals surface area contributed by atoms with E-state index in [9.17, 15) is 9.90 Å². The highest BCUT2D eigenvalue weighted by atomic mass is 16.5. The first-order valence-electron chi connectivity index (χ1n) is 7.52. The van der Waals surface area contributed by atoms with Gasteiger partial charge in [0.15, 0.2) is 5.78 Å². The van der Waals surface area contributed by atoms with E-state index >= 15 is 0 Å². The fourth-order valence-electron chi connectivity index (χ4n) is 2.40. The fourth-order valence-corrected chi connectivity index (χ4v) is 2.40. The van der Waals surface area contributed by atoms with E-state index in [0.717, 1.165) is 5.56 Å². The second kappa shape index (κ2) is 6.69. The molecule has 0 radical (unpaired) electrons. The summed E-state index contributed by atoms with van der Waals surface area (Å²) in [6, 6.07) is 14.4. The van der Waals surface area contributed by atoms with E-state index in [4.69, 9.17) is 4.74 Å². The maximum Gasteiger partial charge on any atom is 0.189 e. The summed E-state index contributed by atoms with van der Waals surface area (Å²) in [5, 5.41) is 10.4. The molecule has 0 aliphatic heterocycles. The number of ether oxygens (including phenoxy) is 1. The third-order valence-electron chi connectivity index (χ3n) is 3.65. The van der Waals surface area contributed by atoms with Gasteiger partial charge >= 0.3 is 0 Å². The molecule has 0 saturated heterocycles. The summed E-state index contributed by atoms with van der Waals surface area (Å²) < 4.78 is 5.08. The molecule has 1 N–H and O–H groups in total. The lowest BCUT2D eigenvalue weighted by atomic mass is 9.83. The molecule has 0 atom stereocenters. The molecule has 2 rings (SSSR count). The van der Waals surface area contributed by atoms with Gasteiger partial charge in [0, 0.05) is 17.2 Å². The highest BCUT2D eigenvalue weighted by Gasteiger charge is 2.19. The Bertz CT molecular complexity index is 719. The van der Waals surface area contributed by atoms with Crippen molar-refractivity contribution < 1.29 is 14.6 Å². The van der Waals surface area contributed by atoms with Crippen LogP contribution in [0.4, 0.5) is 0 Å². The predicted molar refractivity (Wildman–Crippen MR) is 93.1 cm³/mol. The van der Waals surface area contributed by atoms with E-state index in [-0.39, 0.29) is 17.0 Å². The van der Waals surface area contributed by atoms with Crippen LogP contribution in [0.15, 0.2) is 54.6 Å². The normalized spacial score (nSPS) is 12.1. The Morgan fingerprint density at radius 1 is 1.04 bits per heavy atom. The summed E-state index contributed by atoms with van der Waals surface area (Å²) in [5.74, 6) is 0.429.